The van der Waals surface area contributed by atoms with Crippen LogP contribution in [0.15, 0.2) is 0 Å². The number of unbranched alkanes of at least 4 members (excludes halogenated alkanes) is 5. The van der Waals surface area contributed by atoms with E-state index in [0.717, 1.165) is 57.8 Å². The van der Waals surface area contributed by atoms with Crippen LogP contribution in [0.25, 0.3) is 0 Å². The van der Waals surface area contributed by atoms with Gasteiger partial charge in [-0.1, -0.05) is 92.4 Å². The quantitative estimate of drug-likeness (QED) is 0.140. The van der Waals surface area contributed by atoms with Gasteiger partial charge in [-0.05, 0) is 31.1 Å². The van der Waals surface area contributed by atoms with Crippen molar-refractivity contribution in [1.29, 1.82) is 0 Å². The second-order valence-corrected chi connectivity index (χ2v) is 12.8. The van der Waals surface area contributed by atoms with Crippen molar-refractivity contribution in [3.05, 3.63) is 0 Å². The summed E-state index contributed by atoms with van der Waals surface area (Å²) in [5.74, 6) is -0.210. The molecule has 2 N–H and O–H groups in total. The smallest absolute Gasteiger partial charge is 0.324 e. The molecule has 0 spiro atoms. The molecule has 6 nitrogen and oxygen atoms in total. The standard InChI is InChI=1S/C22H48O6P2/c1-6-11-14-15-18-27-29(23,24)22(21(10-5)17-13-8-3)30(25,26)28-19-20(9-4)16-12-7-2/h20-22H,6-19H2,1-5H3,(H,23,24)(H,25,26). The molecule has 0 rings (SSSR count). The zero-order chi connectivity index (χ0) is 23.0. The van der Waals surface area contributed by atoms with Crippen LogP contribution < -0.4 is 0 Å². The van der Waals surface area contributed by atoms with E-state index in [1.165, 1.54) is 0 Å². The van der Waals surface area contributed by atoms with Gasteiger partial charge in [0.15, 0.2) is 5.40 Å². The van der Waals surface area contributed by atoms with Crippen molar-refractivity contribution >= 4 is 15.2 Å². The van der Waals surface area contributed by atoms with E-state index in [1.54, 1.807) is 0 Å². The Morgan fingerprint density at radius 2 is 1.27 bits per heavy atom. The highest BCUT2D eigenvalue weighted by atomic mass is 31.2. The van der Waals surface area contributed by atoms with Crippen LogP contribution in [0.2, 0.25) is 0 Å². The molecule has 0 radical (unpaired) electrons. The summed E-state index contributed by atoms with van der Waals surface area (Å²) in [6.07, 6.45) is 10.5. The van der Waals surface area contributed by atoms with E-state index in [4.69, 9.17) is 9.05 Å². The fraction of sp³-hybridized carbons (Fsp3) is 1.00. The summed E-state index contributed by atoms with van der Waals surface area (Å²) in [5, 5.41) is -1.38. The molecule has 5 atom stereocenters. The molecular formula is C22H48O6P2. The third kappa shape index (κ3) is 11.8. The molecule has 0 aliphatic rings. The monoisotopic (exact) mass is 470 g/mol. The fourth-order valence-corrected chi connectivity index (χ4v) is 8.52. The van der Waals surface area contributed by atoms with Crippen LogP contribution in [0.5, 0.6) is 0 Å². The fourth-order valence-electron chi connectivity index (χ4n) is 3.73. The molecule has 0 aromatic rings. The number of rotatable bonds is 20. The summed E-state index contributed by atoms with van der Waals surface area (Å²) >= 11 is 0. The van der Waals surface area contributed by atoms with Gasteiger partial charge in [0.05, 0.1) is 13.2 Å². The van der Waals surface area contributed by atoms with Gasteiger partial charge in [0.25, 0.3) is 0 Å². The maximum atomic E-state index is 13.3. The minimum Gasteiger partial charge on any atom is -0.324 e. The van der Waals surface area contributed by atoms with E-state index in [0.29, 0.717) is 19.3 Å². The summed E-state index contributed by atoms with van der Waals surface area (Å²) in [7, 11) is -8.65. The molecule has 0 saturated carbocycles. The Labute approximate surface area is 185 Å². The zero-order valence-corrected chi connectivity index (χ0v) is 21.8. The topological polar surface area (TPSA) is 93.1 Å². The van der Waals surface area contributed by atoms with E-state index >= 15 is 0 Å². The maximum absolute atomic E-state index is 13.3. The lowest BCUT2D eigenvalue weighted by Gasteiger charge is -2.32. The van der Waals surface area contributed by atoms with Crippen molar-refractivity contribution in [2.45, 2.75) is 117 Å². The van der Waals surface area contributed by atoms with Crippen LogP contribution in [-0.2, 0) is 18.2 Å². The normalized spacial score (nSPS) is 19.0. The van der Waals surface area contributed by atoms with E-state index in [1.807, 2.05) is 20.8 Å². The predicted molar refractivity (Wildman–Crippen MR) is 126 cm³/mol. The first-order valence-corrected chi connectivity index (χ1v) is 15.4. The average Bonchev–Trinajstić information content (AvgIpc) is 2.70. The summed E-state index contributed by atoms with van der Waals surface area (Å²) in [5.41, 5.74) is 0. The Morgan fingerprint density at radius 1 is 0.700 bits per heavy atom. The first-order valence-electron chi connectivity index (χ1n) is 12.1. The Morgan fingerprint density at radius 3 is 1.80 bits per heavy atom. The Kier molecular flexibility index (Phi) is 17.0. The van der Waals surface area contributed by atoms with Crippen LogP contribution >= 0.6 is 15.2 Å². The first-order chi connectivity index (χ1) is 14.2. The van der Waals surface area contributed by atoms with Crippen LogP contribution in [0.3, 0.4) is 0 Å². The predicted octanol–water partition coefficient (Wildman–Crippen LogP) is 7.73. The minimum atomic E-state index is -4.34. The largest absolute Gasteiger partial charge is 0.343 e. The van der Waals surface area contributed by atoms with Crippen LogP contribution in [-0.4, -0.2) is 28.4 Å². The molecule has 0 aromatic heterocycles. The van der Waals surface area contributed by atoms with E-state index in [-0.39, 0.29) is 25.0 Å². The maximum Gasteiger partial charge on any atom is 0.343 e. The van der Waals surface area contributed by atoms with E-state index in [2.05, 4.69) is 13.8 Å². The zero-order valence-electron chi connectivity index (χ0n) is 20.1. The summed E-state index contributed by atoms with van der Waals surface area (Å²) < 4.78 is 37.4. The van der Waals surface area contributed by atoms with Crippen LogP contribution in [0, 0.1) is 11.8 Å². The molecule has 0 fully saturated rings. The summed E-state index contributed by atoms with van der Waals surface area (Å²) in [6, 6.07) is 0. The van der Waals surface area contributed by atoms with E-state index in [9.17, 15) is 18.9 Å². The Bertz CT molecular complexity index is 514. The van der Waals surface area contributed by atoms with Gasteiger partial charge >= 0.3 is 15.2 Å². The second kappa shape index (κ2) is 16.9. The van der Waals surface area contributed by atoms with Crippen molar-refractivity contribution in [3.8, 4) is 0 Å². The highest BCUT2D eigenvalue weighted by Gasteiger charge is 2.51. The molecule has 8 heteroatoms. The Balaban J connectivity index is 5.41. The van der Waals surface area contributed by atoms with Gasteiger partial charge in [0.2, 0.25) is 0 Å². The molecule has 0 bridgehead atoms. The van der Waals surface area contributed by atoms with E-state index < -0.39 is 20.6 Å². The van der Waals surface area contributed by atoms with Crippen molar-refractivity contribution in [2.24, 2.45) is 11.8 Å². The molecule has 0 amide bonds. The Hall–Kier alpha value is 0.300. The lowest BCUT2D eigenvalue weighted by atomic mass is 10.0. The molecule has 30 heavy (non-hydrogen) atoms. The molecule has 182 valence electrons. The molecule has 5 unspecified atom stereocenters. The van der Waals surface area contributed by atoms with Crippen molar-refractivity contribution < 1.29 is 28.0 Å². The van der Waals surface area contributed by atoms with Crippen LogP contribution in [0.4, 0.5) is 0 Å². The average molecular weight is 471 g/mol. The first kappa shape index (κ1) is 30.3. The number of hydrogen-bond donors (Lipinski definition) is 2. The van der Waals surface area contributed by atoms with Crippen molar-refractivity contribution in [1.82, 2.24) is 0 Å². The molecular weight excluding hydrogens is 422 g/mol. The van der Waals surface area contributed by atoms with Gasteiger partial charge in [-0.15, -0.1) is 0 Å². The lowest BCUT2D eigenvalue weighted by molar-refractivity contribution is 0.188. The second-order valence-electron chi connectivity index (χ2n) is 8.46. The van der Waals surface area contributed by atoms with Gasteiger partial charge in [-0.25, -0.2) is 0 Å². The molecule has 0 saturated heterocycles. The van der Waals surface area contributed by atoms with Gasteiger partial charge in [0.1, 0.15) is 0 Å². The molecule has 0 aromatic carbocycles. The third-order valence-corrected chi connectivity index (χ3v) is 10.9. The molecule has 0 aliphatic heterocycles. The number of hydrogen-bond acceptors (Lipinski definition) is 4. The van der Waals surface area contributed by atoms with Crippen LogP contribution in [0.1, 0.15) is 112 Å². The SMILES string of the molecule is CCCCCCOP(=O)(O)C(C(CC)CCCC)P(=O)(O)OCC(CC)CCCC. The minimum absolute atomic E-state index is 0.128. The third-order valence-electron chi connectivity index (χ3n) is 5.86. The summed E-state index contributed by atoms with van der Waals surface area (Å²) in [4.78, 5) is 21.6. The van der Waals surface area contributed by atoms with Crippen molar-refractivity contribution in [3.63, 3.8) is 0 Å². The van der Waals surface area contributed by atoms with Gasteiger partial charge in [0, 0.05) is 0 Å². The summed E-state index contributed by atoms with van der Waals surface area (Å²) in [6.45, 7) is 10.4. The van der Waals surface area contributed by atoms with Gasteiger partial charge in [-0.3, -0.25) is 9.13 Å². The highest BCUT2D eigenvalue weighted by molar-refractivity contribution is 7.71. The lowest BCUT2D eigenvalue weighted by Crippen LogP contribution is -2.24. The van der Waals surface area contributed by atoms with Crippen molar-refractivity contribution in [2.75, 3.05) is 13.2 Å². The highest BCUT2D eigenvalue weighted by Crippen LogP contribution is 2.69. The van der Waals surface area contributed by atoms with Gasteiger partial charge < -0.3 is 18.8 Å². The molecule has 0 aliphatic carbocycles. The molecule has 0 heterocycles. The van der Waals surface area contributed by atoms with Gasteiger partial charge in [-0.2, -0.15) is 0 Å².